The van der Waals surface area contributed by atoms with Gasteiger partial charge in [0.2, 0.25) is 0 Å². The number of hydrogen-bond acceptors (Lipinski definition) is 5. The molecule has 0 aliphatic carbocycles. The highest BCUT2D eigenvalue weighted by Gasteiger charge is 2.18. The van der Waals surface area contributed by atoms with E-state index >= 15 is 0 Å². The minimum Gasteiger partial charge on any atom is -0.404 e. The average Bonchev–Trinajstić information content (AvgIpc) is 3.19. The van der Waals surface area contributed by atoms with Gasteiger partial charge in [-0.3, -0.25) is 0 Å². The van der Waals surface area contributed by atoms with Gasteiger partial charge in [-0.15, -0.1) is 0 Å². The topological polar surface area (TPSA) is 91.3 Å². The van der Waals surface area contributed by atoms with Crippen molar-refractivity contribution in [2.24, 2.45) is 10.7 Å². The Balaban J connectivity index is 2.05. The lowest BCUT2D eigenvalue weighted by Crippen LogP contribution is -2.81. The van der Waals surface area contributed by atoms with Gasteiger partial charge in [-0.25, -0.2) is 4.99 Å². The minimum atomic E-state index is 0.152. The van der Waals surface area contributed by atoms with Gasteiger partial charge in [0.15, 0.2) is 0 Å². The average molecular weight is 407 g/mol. The number of hydrogen-bond donors (Lipinski definition) is 3. The molecule has 0 aromatic heterocycles. The second-order valence-electron chi connectivity index (χ2n) is 7.32. The fourth-order valence-corrected chi connectivity index (χ4v) is 3.70. The highest BCUT2D eigenvalue weighted by Crippen LogP contribution is 2.27. The number of nitrogens with one attached hydrogen (secondary N) is 1. The summed E-state index contributed by atoms with van der Waals surface area (Å²) >= 11 is 6.16. The molecule has 2 rings (SSSR count). The number of methoxy groups -OCH3 is 1. The third-order valence-corrected chi connectivity index (χ3v) is 5.55. The van der Waals surface area contributed by atoms with E-state index in [2.05, 4.69) is 22.1 Å². The van der Waals surface area contributed by atoms with Gasteiger partial charge < -0.3 is 26.1 Å². The number of quaternary nitrogens is 1. The highest BCUT2D eigenvalue weighted by molar-refractivity contribution is 6.65. The van der Waals surface area contributed by atoms with Crippen LogP contribution in [0.1, 0.15) is 33.1 Å². The Labute approximate surface area is 173 Å². The van der Waals surface area contributed by atoms with Crippen LogP contribution in [0.3, 0.4) is 0 Å². The fourth-order valence-electron chi connectivity index (χ4n) is 3.41. The lowest BCUT2D eigenvalue weighted by Gasteiger charge is -2.20. The van der Waals surface area contributed by atoms with Crippen LogP contribution in [0.4, 0.5) is 0 Å². The summed E-state index contributed by atoms with van der Waals surface area (Å²) in [5.41, 5.74) is 10.4. The Bertz CT molecular complexity index is 714. The van der Waals surface area contributed by atoms with E-state index in [4.69, 9.17) is 27.5 Å². The molecular formula is C21H33ClN5O+. The molecule has 1 unspecified atom stereocenters. The molecule has 0 aromatic rings. The molecule has 0 spiro atoms. The van der Waals surface area contributed by atoms with Gasteiger partial charge in [-0.05, 0) is 51.4 Å². The van der Waals surface area contributed by atoms with Crippen molar-refractivity contribution in [3.63, 3.8) is 0 Å². The molecule has 0 amide bonds. The minimum absolute atomic E-state index is 0.152. The number of aliphatic imine (C=N–C) groups is 1. The predicted octanol–water partition coefficient (Wildman–Crippen LogP) is 2.30. The summed E-state index contributed by atoms with van der Waals surface area (Å²) in [5.74, 6) is 0. The maximum absolute atomic E-state index is 7.80. The van der Waals surface area contributed by atoms with Gasteiger partial charge in [-0.2, -0.15) is 0 Å². The number of nitrogens with zero attached hydrogens (tertiary/aromatic N) is 2. The van der Waals surface area contributed by atoms with Crippen molar-refractivity contribution in [3.8, 4) is 0 Å². The molecular weight excluding hydrogens is 374 g/mol. The number of dihydropyridines is 1. The third kappa shape index (κ3) is 6.41. The Morgan fingerprint density at radius 1 is 1.36 bits per heavy atom. The van der Waals surface area contributed by atoms with Crippen molar-refractivity contribution in [1.29, 1.82) is 5.41 Å². The summed E-state index contributed by atoms with van der Waals surface area (Å²) in [7, 11) is 1.76. The Morgan fingerprint density at radius 3 is 2.68 bits per heavy atom. The van der Waals surface area contributed by atoms with E-state index in [-0.39, 0.29) is 6.10 Å². The van der Waals surface area contributed by atoms with Crippen LogP contribution >= 0.6 is 11.6 Å². The molecule has 1 fully saturated rings. The summed E-state index contributed by atoms with van der Waals surface area (Å²) in [5, 5.41) is 10.4. The summed E-state index contributed by atoms with van der Waals surface area (Å²) in [6.45, 7) is 8.14. The Hall–Kier alpha value is -1.73. The van der Waals surface area contributed by atoms with E-state index in [1.807, 2.05) is 19.2 Å². The first kappa shape index (κ1) is 22.6. The number of nitrogens with two attached hydrogens (primary N) is 2. The number of halogens is 1. The molecule has 0 bridgehead atoms. The van der Waals surface area contributed by atoms with Gasteiger partial charge in [0, 0.05) is 38.1 Å². The molecule has 154 valence electrons. The molecule has 5 N–H and O–H groups in total. The monoisotopic (exact) mass is 406 g/mol. The zero-order chi connectivity index (χ0) is 20.5. The smallest absolute Gasteiger partial charge is 0.119 e. The van der Waals surface area contributed by atoms with Crippen LogP contribution in [-0.4, -0.2) is 55.7 Å². The number of ether oxygens (including phenoxy) is 1. The standard InChI is InChI=1S/C21H32ClN5O/c1-15-8-21(22)26-20(16(15)2)9-17(10-23)18(11-24)12-25-13-19(28-3)14-27-6-4-5-7-27/h9-12,19,24-25H,4-8,13-14,23H2,1-3H3/p+1. The van der Waals surface area contributed by atoms with E-state index in [1.54, 1.807) is 7.11 Å². The van der Waals surface area contributed by atoms with Crippen molar-refractivity contribution in [2.75, 3.05) is 33.3 Å². The van der Waals surface area contributed by atoms with Gasteiger partial charge in [0.25, 0.3) is 0 Å². The molecule has 2 heterocycles. The molecule has 1 saturated heterocycles. The summed E-state index contributed by atoms with van der Waals surface area (Å²) in [4.78, 5) is 6.89. The molecule has 0 saturated carbocycles. The summed E-state index contributed by atoms with van der Waals surface area (Å²) < 4.78 is 5.62. The number of rotatable bonds is 9. The van der Waals surface area contributed by atoms with Crippen LogP contribution in [-0.2, 0) is 4.74 Å². The maximum Gasteiger partial charge on any atom is 0.119 e. The van der Waals surface area contributed by atoms with Crippen molar-refractivity contribution >= 4 is 23.0 Å². The summed E-state index contributed by atoms with van der Waals surface area (Å²) in [6.07, 6.45) is 10.0. The van der Waals surface area contributed by atoms with Crippen LogP contribution in [0.25, 0.3) is 0 Å². The van der Waals surface area contributed by atoms with Crippen molar-refractivity contribution in [2.45, 2.75) is 39.2 Å². The fraction of sp³-hybridized carbons (Fsp3) is 0.524. The van der Waals surface area contributed by atoms with E-state index in [0.717, 1.165) is 48.6 Å². The quantitative estimate of drug-likeness (QED) is 0.405. The zero-order valence-electron chi connectivity index (χ0n) is 17.2. The maximum atomic E-state index is 7.80. The van der Waals surface area contributed by atoms with Crippen LogP contribution in [0.5, 0.6) is 0 Å². The second-order valence-corrected chi connectivity index (χ2v) is 7.76. The van der Waals surface area contributed by atoms with Crippen LogP contribution in [0.15, 0.2) is 51.5 Å². The van der Waals surface area contributed by atoms with Crippen molar-refractivity contribution in [3.05, 3.63) is 46.5 Å². The molecule has 1 atom stereocenters. The SMILES string of the molecule is COC(C[NH2+]C=C(C=N)C(=CN)C=C1N=C(Cl)CC(C)=C1C)CN1CCCC1. The first-order chi connectivity index (χ1) is 13.5. The van der Waals surface area contributed by atoms with E-state index in [9.17, 15) is 0 Å². The Morgan fingerprint density at radius 2 is 2.07 bits per heavy atom. The van der Waals surface area contributed by atoms with Gasteiger partial charge in [0.05, 0.1) is 11.3 Å². The van der Waals surface area contributed by atoms with Gasteiger partial charge in [0.1, 0.15) is 24.0 Å². The lowest BCUT2D eigenvalue weighted by atomic mass is 9.99. The van der Waals surface area contributed by atoms with Gasteiger partial charge in [-0.1, -0.05) is 17.2 Å². The lowest BCUT2D eigenvalue weighted by molar-refractivity contribution is -0.596. The van der Waals surface area contributed by atoms with Gasteiger partial charge >= 0.3 is 0 Å². The molecule has 2 aliphatic rings. The third-order valence-electron chi connectivity index (χ3n) is 5.33. The second kappa shape index (κ2) is 11.3. The number of allylic oxidation sites excluding steroid dienone is 5. The molecule has 0 aromatic carbocycles. The first-order valence-electron chi connectivity index (χ1n) is 9.81. The van der Waals surface area contributed by atoms with E-state index in [1.165, 1.54) is 30.8 Å². The normalized spacial score (nSPS) is 22.0. The zero-order valence-corrected chi connectivity index (χ0v) is 17.9. The largest absolute Gasteiger partial charge is 0.404 e. The summed E-state index contributed by atoms with van der Waals surface area (Å²) in [6, 6.07) is 0. The van der Waals surface area contributed by atoms with Crippen LogP contribution in [0, 0.1) is 5.41 Å². The van der Waals surface area contributed by atoms with E-state index in [0.29, 0.717) is 11.6 Å². The van der Waals surface area contributed by atoms with Crippen LogP contribution < -0.4 is 11.1 Å². The highest BCUT2D eigenvalue weighted by atomic mass is 35.5. The predicted molar refractivity (Wildman–Crippen MR) is 117 cm³/mol. The number of likely N-dealkylation sites (tertiary alicyclic amines) is 1. The molecule has 7 heteroatoms. The van der Waals surface area contributed by atoms with E-state index < -0.39 is 0 Å². The molecule has 28 heavy (non-hydrogen) atoms. The van der Waals surface area contributed by atoms with Crippen LogP contribution in [0.2, 0.25) is 0 Å². The molecule has 0 radical (unpaired) electrons. The molecule has 6 nitrogen and oxygen atoms in total. The first-order valence-corrected chi connectivity index (χ1v) is 10.2. The van der Waals surface area contributed by atoms with Crippen molar-refractivity contribution < 1.29 is 10.1 Å². The Kier molecular flexibility index (Phi) is 9.12. The molecule has 2 aliphatic heterocycles. The van der Waals surface area contributed by atoms with Crippen molar-refractivity contribution in [1.82, 2.24) is 4.90 Å².